The van der Waals surface area contributed by atoms with Crippen LogP contribution in [0, 0.1) is 17.7 Å². The van der Waals surface area contributed by atoms with Crippen LogP contribution in [0.4, 0.5) is 4.39 Å². The number of halogens is 2. The van der Waals surface area contributed by atoms with Gasteiger partial charge in [0.15, 0.2) is 0 Å². The molecule has 0 spiro atoms. The van der Waals surface area contributed by atoms with E-state index in [2.05, 4.69) is 22.5 Å². The zero-order valence-electron chi connectivity index (χ0n) is 15.5. The minimum atomic E-state index is -0.290. The number of amides is 1. The normalized spacial score (nSPS) is 17.8. The quantitative estimate of drug-likeness (QED) is 0.751. The lowest BCUT2D eigenvalue weighted by atomic mass is 9.85. The summed E-state index contributed by atoms with van der Waals surface area (Å²) in [6.45, 7) is 4.79. The van der Waals surface area contributed by atoms with E-state index in [0.29, 0.717) is 37.1 Å². The van der Waals surface area contributed by atoms with Crippen molar-refractivity contribution in [3.8, 4) is 11.5 Å². The van der Waals surface area contributed by atoms with E-state index in [1.165, 1.54) is 25.0 Å². The van der Waals surface area contributed by atoms with Crippen molar-refractivity contribution in [2.45, 2.75) is 32.6 Å². The lowest BCUT2D eigenvalue weighted by Crippen LogP contribution is -2.36. The Labute approximate surface area is 165 Å². The first-order chi connectivity index (χ1) is 12.6. The fourth-order valence-corrected chi connectivity index (χ4v) is 3.37. The SMILES string of the molecule is CC(CC(=O)NCCc1coc(-c2ccc(F)cc2)n1)C1CCCNC1.Cl. The molecule has 1 aliphatic heterocycles. The zero-order valence-corrected chi connectivity index (χ0v) is 16.4. The Bertz CT molecular complexity index is 714. The number of nitrogens with one attached hydrogen (secondary N) is 2. The van der Waals surface area contributed by atoms with Crippen LogP contribution in [0.1, 0.15) is 31.9 Å². The summed E-state index contributed by atoms with van der Waals surface area (Å²) >= 11 is 0. The number of nitrogens with zero attached hydrogens (tertiary/aromatic N) is 1. The molecule has 1 amide bonds. The van der Waals surface area contributed by atoms with Crippen LogP contribution >= 0.6 is 12.4 Å². The molecular formula is C20H27ClFN3O2. The zero-order chi connectivity index (χ0) is 18.4. The predicted octanol–water partition coefficient (Wildman–Crippen LogP) is 3.59. The molecule has 5 nitrogen and oxygen atoms in total. The third kappa shape index (κ3) is 6.33. The lowest BCUT2D eigenvalue weighted by Gasteiger charge is -2.28. The van der Waals surface area contributed by atoms with Crippen molar-refractivity contribution < 1.29 is 13.6 Å². The fourth-order valence-electron chi connectivity index (χ4n) is 3.37. The third-order valence-corrected chi connectivity index (χ3v) is 4.99. The number of carbonyl (C=O) groups excluding carboxylic acids is 1. The van der Waals surface area contributed by atoms with E-state index in [0.717, 1.165) is 24.3 Å². The Balaban J connectivity index is 0.00000261. The van der Waals surface area contributed by atoms with E-state index in [1.807, 2.05) is 0 Å². The summed E-state index contributed by atoms with van der Waals surface area (Å²) in [7, 11) is 0. The monoisotopic (exact) mass is 395 g/mol. The number of oxazole rings is 1. The molecule has 2 heterocycles. The number of carbonyl (C=O) groups is 1. The summed E-state index contributed by atoms with van der Waals surface area (Å²) in [4.78, 5) is 16.5. The lowest BCUT2D eigenvalue weighted by molar-refractivity contribution is -0.122. The van der Waals surface area contributed by atoms with E-state index in [9.17, 15) is 9.18 Å². The molecule has 1 aliphatic rings. The summed E-state index contributed by atoms with van der Waals surface area (Å²) < 4.78 is 18.4. The molecule has 1 aromatic heterocycles. The van der Waals surface area contributed by atoms with E-state index in [-0.39, 0.29) is 24.1 Å². The number of rotatable bonds is 7. The van der Waals surface area contributed by atoms with Crippen molar-refractivity contribution in [1.82, 2.24) is 15.6 Å². The highest BCUT2D eigenvalue weighted by molar-refractivity contribution is 5.85. The van der Waals surface area contributed by atoms with Crippen molar-refractivity contribution in [2.75, 3.05) is 19.6 Å². The topological polar surface area (TPSA) is 67.2 Å². The standard InChI is InChI=1S/C20H26FN3O2.ClH/c1-14(16-3-2-9-22-12-16)11-19(25)23-10-8-18-13-26-20(24-18)15-4-6-17(21)7-5-15;/h4-7,13-14,16,22H,2-3,8-12H2,1H3,(H,23,25);1H. The van der Waals surface area contributed by atoms with Gasteiger partial charge in [-0.2, -0.15) is 0 Å². The largest absolute Gasteiger partial charge is 0.444 e. The highest BCUT2D eigenvalue weighted by atomic mass is 35.5. The van der Waals surface area contributed by atoms with Gasteiger partial charge in [0.05, 0.1) is 5.69 Å². The number of piperidine rings is 1. The van der Waals surface area contributed by atoms with Crippen LogP contribution < -0.4 is 10.6 Å². The Hall–Kier alpha value is -1.92. The van der Waals surface area contributed by atoms with Crippen LogP contribution in [-0.4, -0.2) is 30.5 Å². The van der Waals surface area contributed by atoms with Crippen LogP contribution in [0.3, 0.4) is 0 Å². The maximum Gasteiger partial charge on any atom is 0.226 e. The molecule has 2 N–H and O–H groups in total. The Morgan fingerprint density at radius 1 is 1.41 bits per heavy atom. The van der Waals surface area contributed by atoms with E-state index in [4.69, 9.17) is 4.42 Å². The van der Waals surface area contributed by atoms with Gasteiger partial charge in [-0.1, -0.05) is 6.92 Å². The van der Waals surface area contributed by atoms with Crippen LogP contribution in [0.5, 0.6) is 0 Å². The molecule has 148 valence electrons. The summed E-state index contributed by atoms with van der Waals surface area (Å²) in [6, 6.07) is 6.02. The molecule has 3 rings (SSSR count). The van der Waals surface area contributed by atoms with Gasteiger partial charge in [-0.25, -0.2) is 9.37 Å². The van der Waals surface area contributed by atoms with Crippen LogP contribution in [-0.2, 0) is 11.2 Å². The molecule has 2 aromatic rings. The summed E-state index contributed by atoms with van der Waals surface area (Å²) in [5.41, 5.74) is 1.51. The molecule has 2 atom stereocenters. The molecule has 0 saturated carbocycles. The van der Waals surface area contributed by atoms with Gasteiger partial charge in [-0.3, -0.25) is 4.79 Å². The number of aromatic nitrogens is 1. The molecule has 1 saturated heterocycles. The second-order valence-corrected chi connectivity index (χ2v) is 7.04. The first-order valence-electron chi connectivity index (χ1n) is 9.29. The van der Waals surface area contributed by atoms with Gasteiger partial charge in [-0.15, -0.1) is 12.4 Å². The fraction of sp³-hybridized carbons (Fsp3) is 0.500. The Kier molecular flexibility index (Phi) is 8.25. The third-order valence-electron chi connectivity index (χ3n) is 4.99. The summed E-state index contributed by atoms with van der Waals surface area (Å²) in [5.74, 6) is 1.24. The van der Waals surface area contributed by atoms with Crippen LogP contribution in [0.25, 0.3) is 11.5 Å². The Morgan fingerprint density at radius 2 is 2.19 bits per heavy atom. The van der Waals surface area contributed by atoms with E-state index in [1.54, 1.807) is 18.4 Å². The van der Waals surface area contributed by atoms with Gasteiger partial charge in [0, 0.05) is 24.9 Å². The molecule has 0 bridgehead atoms. The molecule has 7 heteroatoms. The van der Waals surface area contributed by atoms with E-state index < -0.39 is 0 Å². The molecular weight excluding hydrogens is 369 g/mol. The second kappa shape index (κ2) is 10.4. The van der Waals surface area contributed by atoms with Crippen molar-refractivity contribution in [3.63, 3.8) is 0 Å². The highest BCUT2D eigenvalue weighted by Crippen LogP contribution is 2.22. The van der Waals surface area contributed by atoms with E-state index >= 15 is 0 Å². The van der Waals surface area contributed by atoms with Crippen molar-refractivity contribution in [3.05, 3.63) is 42.0 Å². The number of hydrogen-bond donors (Lipinski definition) is 2. The van der Waals surface area contributed by atoms with Gasteiger partial charge in [0.1, 0.15) is 12.1 Å². The highest BCUT2D eigenvalue weighted by Gasteiger charge is 2.21. The van der Waals surface area contributed by atoms with Gasteiger partial charge in [-0.05, 0) is 62.0 Å². The predicted molar refractivity (Wildman–Crippen MR) is 105 cm³/mol. The molecule has 2 unspecified atom stereocenters. The first-order valence-corrected chi connectivity index (χ1v) is 9.29. The number of benzene rings is 1. The number of hydrogen-bond acceptors (Lipinski definition) is 4. The van der Waals surface area contributed by atoms with Gasteiger partial charge in [0.2, 0.25) is 11.8 Å². The van der Waals surface area contributed by atoms with Gasteiger partial charge < -0.3 is 15.1 Å². The first kappa shape index (κ1) is 21.4. The van der Waals surface area contributed by atoms with Crippen LogP contribution in [0.15, 0.2) is 34.9 Å². The smallest absolute Gasteiger partial charge is 0.226 e. The summed E-state index contributed by atoms with van der Waals surface area (Å²) in [6.07, 6.45) is 5.15. The maximum absolute atomic E-state index is 13.0. The molecule has 1 fully saturated rings. The minimum Gasteiger partial charge on any atom is -0.444 e. The van der Waals surface area contributed by atoms with Crippen molar-refractivity contribution >= 4 is 18.3 Å². The molecule has 1 aromatic carbocycles. The maximum atomic E-state index is 13.0. The molecule has 27 heavy (non-hydrogen) atoms. The van der Waals surface area contributed by atoms with Gasteiger partial charge >= 0.3 is 0 Å². The van der Waals surface area contributed by atoms with Crippen LogP contribution in [0.2, 0.25) is 0 Å². The average Bonchev–Trinajstić information content (AvgIpc) is 3.12. The van der Waals surface area contributed by atoms with Crippen molar-refractivity contribution in [1.29, 1.82) is 0 Å². The van der Waals surface area contributed by atoms with Gasteiger partial charge in [0.25, 0.3) is 0 Å². The molecule has 0 radical (unpaired) electrons. The Morgan fingerprint density at radius 3 is 2.89 bits per heavy atom. The minimum absolute atomic E-state index is 0. The summed E-state index contributed by atoms with van der Waals surface area (Å²) in [5, 5.41) is 6.37. The van der Waals surface area contributed by atoms with Crippen molar-refractivity contribution in [2.24, 2.45) is 11.8 Å². The average molecular weight is 396 g/mol. The molecule has 0 aliphatic carbocycles. The second-order valence-electron chi connectivity index (χ2n) is 7.04.